The molecule has 27 heavy (non-hydrogen) atoms. The van der Waals surface area contributed by atoms with Gasteiger partial charge < -0.3 is 10.2 Å². The molecule has 0 unspecified atom stereocenters. The van der Waals surface area contributed by atoms with Crippen LogP contribution in [-0.4, -0.2) is 16.1 Å². The van der Waals surface area contributed by atoms with Crippen LogP contribution in [0.3, 0.4) is 0 Å². The minimum absolute atomic E-state index is 0.131. The van der Waals surface area contributed by atoms with E-state index in [1.807, 2.05) is 24.3 Å². The molecule has 1 amide bonds. The SMILES string of the molecule is CC(C)(C)c1ccccc1C(=O)N(c1ccc(O)cc1)c1ccc(O)cc1. The highest BCUT2D eigenvalue weighted by Crippen LogP contribution is 2.33. The van der Waals surface area contributed by atoms with Crippen LogP contribution in [0.2, 0.25) is 0 Å². The van der Waals surface area contributed by atoms with E-state index in [0.717, 1.165) is 5.56 Å². The lowest BCUT2D eigenvalue weighted by Gasteiger charge is -2.27. The van der Waals surface area contributed by atoms with Crippen LogP contribution in [0.25, 0.3) is 0 Å². The van der Waals surface area contributed by atoms with Crippen LogP contribution < -0.4 is 4.90 Å². The van der Waals surface area contributed by atoms with Gasteiger partial charge in [0.15, 0.2) is 0 Å². The third-order valence-corrected chi connectivity index (χ3v) is 4.38. The van der Waals surface area contributed by atoms with Gasteiger partial charge in [-0.1, -0.05) is 39.0 Å². The number of rotatable bonds is 3. The molecule has 3 rings (SSSR count). The van der Waals surface area contributed by atoms with E-state index < -0.39 is 0 Å². The number of benzene rings is 3. The molecule has 0 atom stereocenters. The Kier molecular flexibility index (Phi) is 4.91. The summed E-state index contributed by atoms with van der Waals surface area (Å²) in [6, 6.07) is 20.6. The van der Waals surface area contributed by atoms with Gasteiger partial charge >= 0.3 is 0 Å². The standard InChI is InChI=1S/C23H23NO3/c1-23(2,3)21-7-5-4-6-20(21)22(27)24(16-8-12-18(25)13-9-16)17-10-14-19(26)15-11-17/h4-15,25-26H,1-3H3. The maximum Gasteiger partial charge on any atom is 0.263 e. The van der Waals surface area contributed by atoms with E-state index in [-0.39, 0.29) is 22.8 Å². The molecule has 2 N–H and O–H groups in total. The van der Waals surface area contributed by atoms with Gasteiger partial charge in [-0.25, -0.2) is 0 Å². The first-order valence-electron chi connectivity index (χ1n) is 8.79. The van der Waals surface area contributed by atoms with Crippen molar-refractivity contribution in [2.24, 2.45) is 0 Å². The molecular formula is C23H23NO3. The van der Waals surface area contributed by atoms with Crippen molar-refractivity contribution < 1.29 is 15.0 Å². The summed E-state index contributed by atoms with van der Waals surface area (Å²) < 4.78 is 0. The lowest BCUT2D eigenvalue weighted by atomic mass is 9.83. The average Bonchev–Trinajstić information content (AvgIpc) is 2.64. The Bertz CT molecular complexity index is 893. The highest BCUT2D eigenvalue weighted by Gasteiger charge is 2.26. The van der Waals surface area contributed by atoms with E-state index in [0.29, 0.717) is 16.9 Å². The minimum Gasteiger partial charge on any atom is -0.508 e. The van der Waals surface area contributed by atoms with Gasteiger partial charge in [-0.05, 0) is 65.6 Å². The quantitative estimate of drug-likeness (QED) is 0.659. The van der Waals surface area contributed by atoms with Crippen LogP contribution in [-0.2, 0) is 5.41 Å². The molecule has 0 aromatic heterocycles. The van der Waals surface area contributed by atoms with Crippen LogP contribution in [0.4, 0.5) is 11.4 Å². The number of hydrogen-bond acceptors (Lipinski definition) is 3. The van der Waals surface area contributed by atoms with E-state index in [2.05, 4.69) is 20.8 Å². The molecule has 0 aliphatic heterocycles. The fourth-order valence-corrected chi connectivity index (χ4v) is 3.03. The third kappa shape index (κ3) is 3.95. The monoisotopic (exact) mass is 361 g/mol. The van der Waals surface area contributed by atoms with Gasteiger partial charge in [0.05, 0.1) is 0 Å². The van der Waals surface area contributed by atoms with Gasteiger partial charge in [0, 0.05) is 16.9 Å². The summed E-state index contributed by atoms with van der Waals surface area (Å²) in [6.07, 6.45) is 0. The van der Waals surface area contributed by atoms with Crippen LogP contribution >= 0.6 is 0 Å². The fourth-order valence-electron chi connectivity index (χ4n) is 3.03. The number of carbonyl (C=O) groups is 1. The maximum absolute atomic E-state index is 13.6. The molecule has 0 fully saturated rings. The molecule has 0 radical (unpaired) electrons. The Labute approximate surface area is 159 Å². The molecule has 0 saturated carbocycles. The number of phenolic OH excluding ortho intramolecular Hbond substituents is 2. The summed E-state index contributed by atoms with van der Waals surface area (Å²) in [5, 5.41) is 19.2. The normalized spacial score (nSPS) is 11.2. The summed E-state index contributed by atoms with van der Waals surface area (Å²) >= 11 is 0. The zero-order valence-electron chi connectivity index (χ0n) is 15.7. The topological polar surface area (TPSA) is 60.8 Å². The number of carbonyl (C=O) groups excluding carboxylic acids is 1. The summed E-state index contributed by atoms with van der Waals surface area (Å²) in [7, 11) is 0. The second-order valence-electron chi connectivity index (χ2n) is 7.47. The number of amides is 1. The van der Waals surface area contributed by atoms with Crippen molar-refractivity contribution in [2.75, 3.05) is 4.90 Å². The first-order valence-corrected chi connectivity index (χ1v) is 8.79. The molecule has 4 heteroatoms. The number of anilines is 2. The van der Waals surface area contributed by atoms with Gasteiger partial charge in [0.2, 0.25) is 0 Å². The molecule has 3 aromatic carbocycles. The highest BCUT2D eigenvalue weighted by molar-refractivity contribution is 6.11. The number of hydrogen-bond donors (Lipinski definition) is 2. The fraction of sp³-hybridized carbons (Fsp3) is 0.174. The summed E-state index contributed by atoms with van der Waals surface area (Å²) in [5.74, 6) is 0.0933. The van der Waals surface area contributed by atoms with Gasteiger partial charge in [-0.15, -0.1) is 0 Å². The molecule has 0 bridgehead atoms. The van der Waals surface area contributed by atoms with Crippen molar-refractivity contribution in [3.8, 4) is 11.5 Å². The van der Waals surface area contributed by atoms with Crippen molar-refractivity contribution in [3.63, 3.8) is 0 Å². The Balaban J connectivity index is 2.15. The summed E-state index contributed by atoms with van der Waals surface area (Å²) in [6.45, 7) is 6.22. The Morgan fingerprint density at radius 3 is 1.63 bits per heavy atom. The Morgan fingerprint density at radius 1 is 0.741 bits per heavy atom. The molecule has 0 aliphatic rings. The Morgan fingerprint density at radius 2 is 1.19 bits per heavy atom. The van der Waals surface area contributed by atoms with Crippen LogP contribution in [0.1, 0.15) is 36.7 Å². The van der Waals surface area contributed by atoms with Crippen molar-refractivity contribution in [2.45, 2.75) is 26.2 Å². The predicted octanol–water partition coefficient (Wildman–Crippen LogP) is 5.37. The van der Waals surface area contributed by atoms with Gasteiger partial charge in [-0.2, -0.15) is 0 Å². The van der Waals surface area contributed by atoms with E-state index in [9.17, 15) is 15.0 Å². The van der Waals surface area contributed by atoms with Crippen LogP contribution in [0, 0.1) is 0 Å². The molecule has 0 saturated heterocycles. The number of phenols is 2. The van der Waals surface area contributed by atoms with Crippen LogP contribution in [0.5, 0.6) is 11.5 Å². The lowest BCUT2D eigenvalue weighted by molar-refractivity contribution is 0.0997. The van der Waals surface area contributed by atoms with Crippen molar-refractivity contribution in [1.29, 1.82) is 0 Å². The van der Waals surface area contributed by atoms with Gasteiger partial charge in [-0.3, -0.25) is 9.69 Å². The smallest absolute Gasteiger partial charge is 0.263 e. The first kappa shape index (κ1) is 18.5. The number of nitrogens with zero attached hydrogens (tertiary/aromatic N) is 1. The summed E-state index contributed by atoms with van der Waals surface area (Å²) in [5.41, 5.74) is 2.64. The minimum atomic E-state index is -0.193. The molecular weight excluding hydrogens is 338 g/mol. The largest absolute Gasteiger partial charge is 0.508 e. The second kappa shape index (κ2) is 7.16. The molecule has 0 aliphatic carbocycles. The van der Waals surface area contributed by atoms with Gasteiger partial charge in [0.25, 0.3) is 5.91 Å². The molecule has 4 nitrogen and oxygen atoms in total. The van der Waals surface area contributed by atoms with Gasteiger partial charge in [0.1, 0.15) is 11.5 Å². The molecule has 3 aromatic rings. The predicted molar refractivity (Wildman–Crippen MR) is 108 cm³/mol. The molecule has 138 valence electrons. The first-order chi connectivity index (χ1) is 12.8. The maximum atomic E-state index is 13.6. The van der Waals surface area contributed by atoms with Crippen molar-refractivity contribution >= 4 is 17.3 Å². The van der Waals surface area contributed by atoms with Crippen molar-refractivity contribution in [3.05, 3.63) is 83.9 Å². The Hall–Kier alpha value is -3.27. The second-order valence-corrected chi connectivity index (χ2v) is 7.47. The number of aromatic hydroxyl groups is 2. The average molecular weight is 361 g/mol. The molecule has 0 heterocycles. The van der Waals surface area contributed by atoms with Crippen LogP contribution in [0.15, 0.2) is 72.8 Å². The van der Waals surface area contributed by atoms with E-state index >= 15 is 0 Å². The van der Waals surface area contributed by atoms with E-state index in [1.54, 1.807) is 53.4 Å². The van der Waals surface area contributed by atoms with Crippen molar-refractivity contribution in [1.82, 2.24) is 0 Å². The lowest BCUT2D eigenvalue weighted by Crippen LogP contribution is -2.29. The summed E-state index contributed by atoms with van der Waals surface area (Å²) in [4.78, 5) is 15.2. The third-order valence-electron chi connectivity index (χ3n) is 4.38. The van der Waals surface area contributed by atoms with E-state index in [4.69, 9.17) is 0 Å². The zero-order chi connectivity index (χ0) is 19.6. The molecule has 0 spiro atoms. The van der Waals surface area contributed by atoms with E-state index in [1.165, 1.54) is 0 Å². The highest BCUT2D eigenvalue weighted by atomic mass is 16.3. The zero-order valence-corrected chi connectivity index (χ0v) is 15.7.